The van der Waals surface area contributed by atoms with Gasteiger partial charge in [0.25, 0.3) is 0 Å². The van der Waals surface area contributed by atoms with Gasteiger partial charge in [0, 0.05) is 16.2 Å². The van der Waals surface area contributed by atoms with Gasteiger partial charge in [0.05, 0.1) is 0 Å². The van der Waals surface area contributed by atoms with E-state index in [4.69, 9.17) is 0 Å². The van der Waals surface area contributed by atoms with Crippen molar-refractivity contribution in [3.63, 3.8) is 0 Å². The molecule has 1 aromatic rings. The Morgan fingerprint density at radius 3 is 2.41 bits per heavy atom. The predicted octanol–water partition coefficient (Wildman–Crippen LogP) is 4.83. The molecule has 2 unspecified atom stereocenters. The quantitative estimate of drug-likeness (QED) is 0.842. The van der Waals surface area contributed by atoms with E-state index in [-0.39, 0.29) is 0 Å². The first-order valence-electron chi connectivity index (χ1n) is 6.83. The lowest BCUT2D eigenvalue weighted by Gasteiger charge is -2.30. The van der Waals surface area contributed by atoms with Gasteiger partial charge in [-0.1, -0.05) is 28.8 Å². The van der Waals surface area contributed by atoms with Crippen LogP contribution < -0.4 is 5.32 Å². The van der Waals surface area contributed by atoms with E-state index in [1.54, 1.807) is 0 Å². The molecular formula is C15H20BrN. The molecule has 0 amide bonds. The van der Waals surface area contributed by atoms with Gasteiger partial charge >= 0.3 is 0 Å². The summed E-state index contributed by atoms with van der Waals surface area (Å²) in [4.78, 5) is 0. The summed E-state index contributed by atoms with van der Waals surface area (Å²) in [5.74, 6) is 2.08. The highest BCUT2D eigenvalue weighted by atomic mass is 79.9. The average molecular weight is 294 g/mol. The average Bonchev–Trinajstić information content (AvgIpc) is 3.17. The maximum absolute atomic E-state index is 3.70. The molecule has 0 radical (unpaired) electrons. The lowest BCUT2D eigenvalue weighted by Crippen LogP contribution is -2.28. The van der Waals surface area contributed by atoms with Crippen molar-refractivity contribution in [3.8, 4) is 0 Å². The Hall–Kier alpha value is -0.500. The Balaban J connectivity index is 1.58. The van der Waals surface area contributed by atoms with Gasteiger partial charge in [0.15, 0.2) is 0 Å². The van der Waals surface area contributed by atoms with Gasteiger partial charge in [-0.15, -0.1) is 0 Å². The third kappa shape index (κ3) is 3.04. The van der Waals surface area contributed by atoms with Crippen LogP contribution in [0.4, 0.5) is 5.69 Å². The molecule has 17 heavy (non-hydrogen) atoms. The molecule has 0 saturated heterocycles. The van der Waals surface area contributed by atoms with Gasteiger partial charge in [-0.3, -0.25) is 0 Å². The summed E-state index contributed by atoms with van der Waals surface area (Å²) in [5, 5.41) is 3.70. The number of benzene rings is 1. The summed E-state index contributed by atoms with van der Waals surface area (Å²) in [5.41, 5.74) is 1.27. The molecule has 0 heterocycles. The van der Waals surface area contributed by atoms with Gasteiger partial charge in [0.1, 0.15) is 0 Å². The Bertz CT molecular complexity index is 369. The van der Waals surface area contributed by atoms with Gasteiger partial charge in [0.2, 0.25) is 0 Å². The Kier molecular flexibility index (Phi) is 3.41. The number of hydrogen-bond acceptors (Lipinski definition) is 1. The minimum Gasteiger partial charge on any atom is -0.382 e. The van der Waals surface area contributed by atoms with E-state index < -0.39 is 0 Å². The fourth-order valence-electron chi connectivity index (χ4n) is 3.14. The Morgan fingerprint density at radius 2 is 1.71 bits per heavy atom. The Labute approximate surface area is 112 Å². The number of halogens is 1. The molecule has 2 heteroatoms. The first-order chi connectivity index (χ1) is 8.31. The smallest absolute Gasteiger partial charge is 0.0343 e. The van der Waals surface area contributed by atoms with E-state index in [2.05, 4.69) is 45.5 Å². The minimum atomic E-state index is 0.704. The Morgan fingerprint density at radius 1 is 0.941 bits per heavy atom. The van der Waals surface area contributed by atoms with Crippen LogP contribution in [0.2, 0.25) is 0 Å². The van der Waals surface area contributed by atoms with E-state index in [9.17, 15) is 0 Å². The first kappa shape index (κ1) is 11.6. The van der Waals surface area contributed by atoms with Crippen LogP contribution in [0.3, 0.4) is 0 Å². The van der Waals surface area contributed by atoms with E-state index in [1.165, 1.54) is 44.2 Å². The van der Waals surface area contributed by atoms with Crippen LogP contribution in [0.5, 0.6) is 0 Å². The van der Waals surface area contributed by atoms with Crippen molar-refractivity contribution in [1.82, 2.24) is 0 Å². The van der Waals surface area contributed by atoms with Crippen molar-refractivity contribution in [2.45, 2.75) is 44.6 Å². The van der Waals surface area contributed by atoms with Crippen LogP contribution >= 0.6 is 15.9 Å². The molecule has 92 valence electrons. The summed E-state index contributed by atoms with van der Waals surface area (Å²) in [6.45, 7) is 0. The first-order valence-corrected chi connectivity index (χ1v) is 7.62. The molecule has 2 saturated carbocycles. The summed E-state index contributed by atoms with van der Waals surface area (Å²) in [6.07, 6.45) is 8.61. The molecule has 1 N–H and O–H groups in total. The maximum atomic E-state index is 3.70. The number of hydrogen-bond donors (Lipinski definition) is 1. The third-order valence-electron chi connectivity index (χ3n) is 4.22. The molecule has 1 nitrogen and oxygen atoms in total. The highest BCUT2D eigenvalue weighted by Gasteiger charge is 2.34. The molecule has 1 aromatic carbocycles. The zero-order valence-electron chi connectivity index (χ0n) is 10.2. The molecule has 0 aromatic heterocycles. The summed E-state index contributed by atoms with van der Waals surface area (Å²) < 4.78 is 1.16. The molecule has 2 fully saturated rings. The van der Waals surface area contributed by atoms with Crippen LogP contribution in [0.15, 0.2) is 28.7 Å². The van der Waals surface area contributed by atoms with Crippen LogP contribution in [-0.4, -0.2) is 6.04 Å². The van der Waals surface area contributed by atoms with E-state index in [0.717, 1.165) is 16.3 Å². The molecule has 2 atom stereocenters. The molecule has 3 rings (SSSR count). The number of nitrogens with one attached hydrogen (secondary N) is 1. The van der Waals surface area contributed by atoms with Crippen molar-refractivity contribution < 1.29 is 0 Å². The SMILES string of the molecule is Brc1ccc(NC2CCCC(C3CC3)C2)cc1. The standard InChI is InChI=1S/C15H20BrN/c16-13-6-8-14(9-7-13)17-15-3-1-2-12(10-15)11-4-5-11/h6-9,11-12,15,17H,1-5,10H2. The van der Waals surface area contributed by atoms with Crippen LogP contribution in [0, 0.1) is 11.8 Å². The van der Waals surface area contributed by atoms with Crippen molar-refractivity contribution in [3.05, 3.63) is 28.7 Å². The summed E-state index contributed by atoms with van der Waals surface area (Å²) in [7, 11) is 0. The normalized spacial score (nSPS) is 29.0. The highest BCUT2D eigenvalue weighted by molar-refractivity contribution is 9.10. The second-order valence-electron chi connectivity index (χ2n) is 5.61. The summed E-state index contributed by atoms with van der Waals surface area (Å²) >= 11 is 3.48. The van der Waals surface area contributed by atoms with Gasteiger partial charge in [-0.25, -0.2) is 0 Å². The molecule has 0 spiro atoms. The topological polar surface area (TPSA) is 12.0 Å². The van der Waals surface area contributed by atoms with Crippen molar-refractivity contribution in [1.29, 1.82) is 0 Å². The number of anilines is 1. The van der Waals surface area contributed by atoms with E-state index in [0.29, 0.717) is 6.04 Å². The second kappa shape index (κ2) is 5.01. The largest absolute Gasteiger partial charge is 0.382 e. The fourth-order valence-corrected chi connectivity index (χ4v) is 3.40. The lowest BCUT2D eigenvalue weighted by molar-refractivity contribution is 0.303. The third-order valence-corrected chi connectivity index (χ3v) is 4.75. The molecule has 0 bridgehead atoms. The zero-order chi connectivity index (χ0) is 11.7. The second-order valence-corrected chi connectivity index (χ2v) is 6.53. The predicted molar refractivity (Wildman–Crippen MR) is 76.2 cm³/mol. The minimum absolute atomic E-state index is 0.704. The van der Waals surface area contributed by atoms with Crippen molar-refractivity contribution in [2.24, 2.45) is 11.8 Å². The summed E-state index contributed by atoms with van der Waals surface area (Å²) in [6, 6.07) is 9.28. The van der Waals surface area contributed by atoms with Crippen LogP contribution in [0.1, 0.15) is 38.5 Å². The van der Waals surface area contributed by atoms with Crippen molar-refractivity contribution in [2.75, 3.05) is 5.32 Å². The lowest BCUT2D eigenvalue weighted by atomic mass is 9.82. The maximum Gasteiger partial charge on any atom is 0.0343 e. The van der Waals surface area contributed by atoms with E-state index >= 15 is 0 Å². The molecule has 2 aliphatic carbocycles. The van der Waals surface area contributed by atoms with Crippen molar-refractivity contribution >= 4 is 21.6 Å². The van der Waals surface area contributed by atoms with Gasteiger partial charge in [-0.2, -0.15) is 0 Å². The van der Waals surface area contributed by atoms with Crippen LogP contribution in [0.25, 0.3) is 0 Å². The van der Waals surface area contributed by atoms with Crippen LogP contribution in [-0.2, 0) is 0 Å². The zero-order valence-corrected chi connectivity index (χ0v) is 11.7. The highest BCUT2D eigenvalue weighted by Crippen LogP contribution is 2.44. The number of rotatable bonds is 3. The van der Waals surface area contributed by atoms with E-state index in [1.807, 2.05) is 0 Å². The molecular weight excluding hydrogens is 274 g/mol. The van der Waals surface area contributed by atoms with Gasteiger partial charge < -0.3 is 5.32 Å². The molecule has 2 aliphatic rings. The molecule has 0 aliphatic heterocycles. The van der Waals surface area contributed by atoms with Gasteiger partial charge in [-0.05, 0) is 61.8 Å². The fraction of sp³-hybridized carbons (Fsp3) is 0.600. The monoisotopic (exact) mass is 293 g/mol.